The summed E-state index contributed by atoms with van der Waals surface area (Å²) >= 11 is 1.41. The molecule has 24 heavy (non-hydrogen) atoms. The molecule has 0 saturated heterocycles. The molecular weight excluding hydrogens is 330 g/mol. The van der Waals surface area contributed by atoms with Gasteiger partial charge in [0.2, 0.25) is 5.91 Å². The smallest absolute Gasteiger partial charge is 0.306 e. The predicted molar refractivity (Wildman–Crippen MR) is 90.0 cm³/mol. The zero-order valence-electron chi connectivity index (χ0n) is 13.1. The van der Waals surface area contributed by atoms with Gasteiger partial charge in [-0.05, 0) is 37.1 Å². The van der Waals surface area contributed by atoms with Gasteiger partial charge in [0, 0.05) is 19.0 Å². The van der Waals surface area contributed by atoms with Crippen LogP contribution in [0.4, 0.5) is 0 Å². The number of hydrogen-bond donors (Lipinski definition) is 2. The Hall–Kier alpha value is -2.22. The minimum atomic E-state index is -0.754. The quantitative estimate of drug-likeness (QED) is 0.854. The van der Waals surface area contributed by atoms with Crippen molar-refractivity contribution in [3.05, 3.63) is 28.1 Å². The van der Waals surface area contributed by atoms with E-state index in [9.17, 15) is 14.4 Å². The van der Waals surface area contributed by atoms with Gasteiger partial charge in [0.1, 0.15) is 4.83 Å². The van der Waals surface area contributed by atoms with E-state index in [1.165, 1.54) is 22.2 Å². The summed E-state index contributed by atoms with van der Waals surface area (Å²) in [7, 11) is 0. The third kappa shape index (κ3) is 3.64. The van der Waals surface area contributed by atoms with Crippen molar-refractivity contribution in [2.45, 2.75) is 44.7 Å². The van der Waals surface area contributed by atoms with Gasteiger partial charge in [0.15, 0.2) is 0 Å². The van der Waals surface area contributed by atoms with E-state index >= 15 is 0 Å². The Morgan fingerprint density at radius 2 is 2.08 bits per heavy atom. The van der Waals surface area contributed by atoms with Gasteiger partial charge < -0.3 is 10.4 Å². The second-order valence-corrected chi connectivity index (χ2v) is 6.98. The van der Waals surface area contributed by atoms with Crippen molar-refractivity contribution in [2.24, 2.45) is 5.92 Å². The topological polar surface area (TPSA) is 101 Å². The van der Waals surface area contributed by atoms with Crippen LogP contribution in [-0.4, -0.2) is 32.6 Å². The monoisotopic (exact) mass is 349 g/mol. The SMILES string of the molecule is O=C(CCn1cnc2sccc2c1=O)NC1CCC(C(=O)O)CC1. The number of aromatic nitrogens is 2. The third-order valence-electron chi connectivity index (χ3n) is 4.47. The molecule has 1 amide bonds. The van der Waals surface area contributed by atoms with E-state index in [0.717, 1.165) is 0 Å². The predicted octanol–water partition coefficient (Wildman–Crippen LogP) is 1.61. The molecular formula is C16H19N3O4S. The number of hydrogen-bond acceptors (Lipinski definition) is 5. The number of carbonyl (C=O) groups is 2. The fourth-order valence-electron chi connectivity index (χ4n) is 3.06. The first-order valence-electron chi connectivity index (χ1n) is 7.99. The van der Waals surface area contributed by atoms with Crippen LogP contribution in [-0.2, 0) is 16.1 Å². The standard InChI is InChI=1S/C16H19N3O4S/c20-13(18-11-3-1-10(2-4-11)16(22)23)5-7-19-9-17-14-12(15(19)21)6-8-24-14/h6,8-11H,1-5,7H2,(H,18,20)(H,22,23). The van der Waals surface area contributed by atoms with Crippen molar-refractivity contribution in [3.8, 4) is 0 Å². The number of aliphatic carboxylic acids is 1. The fourth-order valence-corrected chi connectivity index (χ4v) is 3.78. The lowest BCUT2D eigenvalue weighted by Gasteiger charge is -2.26. The van der Waals surface area contributed by atoms with Gasteiger partial charge in [-0.25, -0.2) is 4.98 Å². The minimum absolute atomic E-state index is 0.0299. The van der Waals surface area contributed by atoms with Crippen LogP contribution < -0.4 is 10.9 Å². The van der Waals surface area contributed by atoms with Crippen LogP contribution in [0.3, 0.4) is 0 Å². The summed E-state index contributed by atoms with van der Waals surface area (Å²) < 4.78 is 1.45. The van der Waals surface area contributed by atoms with Crippen molar-refractivity contribution < 1.29 is 14.7 Å². The number of rotatable bonds is 5. The molecule has 1 aliphatic carbocycles. The summed E-state index contributed by atoms with van der Waals surface area (Å²) in [5.41, 5.74) is -0.129. The summed E-state index contributed by atoms with van der Waals surface area (Å²) in [6.07, 6.45) is 4.25. The molecule has 128 valence electrons. The van der Waals surface area contributed by atoms with Crippen LogP contribution >= 0.6 is 11.3 Å². The molecule has 2 heterocycles. The Morgan fingerprint density at radius 3 is 2.79 bits per heavy atom. The third-order valence-corrected chi connectivity index (χ3v) is 5.29. The molecule has 2 N–H and O–H groups in total. The number of carbonyl (C=O) groups excluding carboxylic acids is 1. The Balaban J connectivity index is 1.51. The summed E-state index contributed by atoms with van der Waals surface area (Å²) in [6, 6.07) is 1.77. The van der Waals surface area contributed by atoms with Crippen LogP contribution in [0.5, 0.6) is 0 Å². The van der Waals surface area contributed by atoms with E-state index in [4.69, 9.17) is 5.11 Å². The number of amides is 1. The largest absolute Gasteiger partial charge is 0.481 e. The highest BCUT2D eigenvalue weighted by atomic mass is 32.1. The van der Waals surface area contributed by atoms with Gasteiger partial charge in [-0.15, -0.1) is 11.3 Å². The lowest BCUT2D eigenvalue weighted by Crippen LogP contribution is -2.39. The maximum Gasteiger partial charge on any atom is 0.306 e. The first kappa shape index (κ1) is 16.6. The van der Waals surface area contributed by atoms with E-state index in [0.29, 0.717) is 35.9 Å². The van der Waals surface area contributed by atoms with Crippen molar-refractivity contribution >= 4 is 33.4 Å². The molecule has 1 saturated carbocycles. The maximum atomic E-state index is 12.2. The van der Waals surface area contributed by atoms with Crippen LogP contribution in [0, 0.1) is 5.92 Å². The highest BCUT2D eigenvalue weighted by Gasteiger charge is 2.26. The highest BCUT2D eigenvalue weighted by Crippen LogP contribution is 2.24. The molecule has 2 aromatic rings. The van der Waals surface area contributed by atoms with Gasteiger partial charge in [0.05, 0.1) is 17.6 Å². The van der Waals surface area contributed by atoms with Crippen LogP contribution in [0.1, 0.15) is 32.1 Å². The fraction of sp³-hybridized carbons (Fsp3) is 0.500. The van der Waals surface area contributed by atoms with Crippen molar-refractivity contribution in [3.63, 3.8) is 0 Å². The normalized spacial score (nSPS) is 20.8. The molecule has 2 aromatic heterocycles. The van der Waals surface area contributed by atoms with E-state index in [-0.39, 0.29) is 36.4 Å². The molecule has 1 fully saturated rings. The van der Waals surface area contributed by atoms with E-state index in [1.807, 2.05) is 5.38 Å². The number of fused-ring (bicyclic) bond motifs is 1. The number of nitrogens with one attached hydrogen (secondary N) is 1. The summed E-state index contributed by atoms with van der Waals surface area (Å²) in [6.45, 7) is 0.286. The van der Waals surface area contributed by atoms with Gasteiger partial charge >= 0.3 is 5.97 Å². The highest BCUT2D eigenvalue weighted by molar-refractivity contribution is 7.16. The number of aryl methyl sites for hydroxylation is 1. The minimum Gasteiger partial charge on any atom is -0.481 e. The Morgan fingerprint density at radius 1 is 1.33 bits per heavy atom. The molecule has 8 heteroatoms. The number of carboxylic acids is 1. The van der Waals surface area contributed by atoms with E-state index < -0.39 is 5.97 Å². The lowest BCUT2D eigenvalue weighted by molar-refractivity contribution is -0.142. The molecule has 0 aliphatic heterocycles. The average molecular weight is 349 g/mol. The molecule has 0 bridgehead atoms. The Labute approximate surface area is 142 Å². The molecule has 7 nitrogen and oxygen atoms in total. The molecule has 0 radical (unpaired) electrons. The van der Waals surface area contributed by atoms with Crippen molar-refractivity contribution in [1.82, 2.24) is 14.9 Å². The summed E-state index contributed by atoms with van der Waals surface area (Å²) in [5, 5.41) is 14.3. The summed E-state index contributed by atoms with van der Waals surface area (Å²) in [5.74, 6) is -1.17. The number of nitrogens with zero attached hydrogens (tertiary/aromatic N) is 2. The number of carboxylic acid groups (broad SMARTS) is 1. The van der Waals surface area contributed by atoms with Gasteiger partial charge in [0.25, 0.3) is 5.56 Å². The van der Waals surface area contributed by atoms with Gasteiger partial charge in [-0.1, -0.05) is 0 Å². The molecule has 0 spiro atoms. The first-order valence-corrected chi connectivity index (χ1v) is 8.87. The lowest BCUT2D eigenvalue weighted by atomic mass is 9.86. The molecule has 0 atom stereocenters. The van der Waals surface area contributed by atoms with E-state index in [1.54, 1.807) is 6.07 Å². The number of thiophene rings is 1. The summed E-state index contributed by atoms with van der Waals surface area (Å²) in [4.78, 5) is 40.1. The van der Waals surface area contributed by atoms with Crippen molar-refractivity contribution in [1.29, 1.82) is 0 Å². The second-order valence-electron chi connectivity index (χ2n) is 6.09. The molecule has 0 aromatic carbocycles. The van der Waals surface area contributed by atoms with Gasteiger partial charge in [-0.2, -0.15) is 0 Å². The van der Waals surface area contributed by atoms with Crippen LogP contribution in [0.2, 0.25) is 0 Å². The van der Waals surface area contributed by atoms with Crippen LogP contribution in [0.25, 0.3) is 10.2 Å². The van der Waals surface area contributed by atoms with Crippen LogP contribution in [0.15, 0.2) is 22.6 Å². The Bertz CT molecular complexity index is 805. The average Bonchev–Trinajstić information content (AvgIpc) is 3.04. The van der Waals surface area contributed by atoms with Crippen molar-refractivity contribution in [2.75, 3.05) is 0 Å². The maximum absolute atomic E-state index is 12.2. The zero-order chi connectivity index (χ0) is 17.1. The zero-order valence-corrected chi connectivity index (χ0v) is 13.9. The first-order chi connectivity index (χ1) is 11.5. The molecule has 1 aliphatic rings. The van der Waals surface area contributed by atoms with E-state index in [2.05, 4.69) is 10.3 Å². The second kappa shape index (κ2) is 7.12. The van der Waals surface area contributed by atoms with Gasteiger partial charge in [-0.3, -0.25) is 19.0 Å². The molecule has 0 unspecified atom stereocenters. The Kier molecular flexibility index (Phi) is 4.94. The molecule has 3 rings (SSSR count).